The van der Waals surface area contributed by atoms with E-state index in [4.69, 9.17) is 10.5 Å². The maximum Gasteiger partial charge on any atom is 0.316 e. The van der Waals surface area contributed by atoms with Gasteiger partial charge in [0.05, 0.1) is 12.8 Å². The first kappa shape index (κ1) is 7.94. The molecule has 0 fully saturated rings. The predicted molar refractivity (Wildman–Crippen MR) is 41.2 cm³/mol. The van der Waals surface area contributed by atoms with Crippen LogP contribution in [0.5, 0.6) is 6.01 Å². The van der Waals surface area contributed by atoms with Gasteiger partial charge in [0, 0.05) is 12.7 Å². The Bertz CT molecular complexity index is 249. The molecule has 0 atom stereocenters. The van der Waals surface area contributed by atoms with Crippen LogP contribution in [0.2, 0.25) is 0 Å². The average molecular weight is 153 g/mol. The number of aryl methyl sites for hydroxylation is 1. The fourth-order valence-electron chi connectivity index (χ4n) is 0.764. The molecule has 0 spiro atoms. The van der Waals surface area contributed by atoms with Crippen LogP contribution in [0.25, 0.3) is 0 Å². The minimum absolute atomic E-state index is 0.371. The van der Waals surface area contributed by atoms with Crippen molar-refractivity contribution in [3.05, 3.63) is 17.5 Å². The van der Waals surface area contributed by atoms with Gasteiger partial charge in [-0.1, -0.05) is 0 Å². The fraction of sp³-hybridized carbons (Fsp3) is 0.429. The van der Waals surface area contributed by atoms with E-state index in [2.05, 4.69) is 9.97 Å². The minimum Gasteiger partial charge on any atom is -0.467 e. The first-order valence-electron chi connectivity index (χ1n) is 3.34. The summed E-state index contributed by atoms with van der Waals surface area (Å²) in [4.78, 5) is 7.97. The van der Waals surface area contributed by atoms with Crippen LogP contribution in [0, 0.1) is 6.92 Å². The van der Waals surface area contributed by atoms with Crippen LogP contribution in [0.1, 0.15) is 11.3 Å². The van der Waals surface area contributed by atoms with Crippen LogP contribution < -0.4 is 10.5 Å². The topological polar surface area (TPSA) is 61.0 Å². The van der Waals surface area contributed by atoms with Crippen molar-refractivity contribution in [1.82, 2.24) is 9.97 Å². The number of ether oxygens (including phenoxy) is 1. The zero-order valence-corrected chi connectivity index (χ0v) is 6.66. The molecule has 0 aliphatic carbocycles. The number of hydrogen-bond acceptors (Lipinski definition) is 4. The highest BCUT2D eigenvalue weighted by Crippen LogP contribution is 2.06. The molecule has 0 aliphatic rings. The van der Waals surface area contributed by atoms with Gasteiger partial charge in [0.15, 0.2) is 0 Å². The first-order chi connectivity index (χ1) is 5.27. The van der Waals surface area contributed by atoms with Crippen molar-refractivity contribution < 1.29 is 4.74 Å². The van der Waals surface area contributed by atoms with Crippen LogP contribution in [-0.4, -0.2) is 17.1 Å². The molecule has 4 heteroatoms. The van der Waals surface area contributed by atoms with Crippen molar-refractivity contribution in [1.29, 1.82) is 0 Å². The third-order valence-electron chi connectivity index (χ3n) is 1.43. The van der Waals surface area contributed by atoms with E-state index in [0.717, 1.165) is 11.3 Å². The molecule has 0 bridgehead atoms. The molecule has 0 amide bonds. The van der Waals surface area contributed by atoms with Crippen LogP contribution in [0.3, 0.4) is 0 Å². The van der Waals surface area contributed by atoms with Gasteiger partial charge in [-0.25, -0.2) is 4.98 Å². The van der Waals surface area contributed by atoms with Crippen LogP contribution in [0.4, 0.5) is 0 Å². The molecule has 1 aromatic heterocycles. The summed E-state index contributed by atoms with van der Waals surface area (Å²) in [5.41, 5.74) is 7.25. The summed E-state index contributed by atoms with van der Waals surface area (Å²) < 4.78 is 4.83. The second-order valence-corrected chi connectivity index (χ2v) is 2.19. The smallest absolute Gasteiger partial charge is 0.316 e. The maximum absolute atomic E-state index is 5.43. The quantitative estimate of drug-likeness (QED) is 0.661. The summed E-state index contributed by atoms with van der Waals surface area (Å²) >= 11 is 0. The molecule has 4 nitrogen and oxygen atoms in total. The lowest BCUT2D eigenvalue weighted by molar-refractivity contribution is 0.377. The molecule has 11 heavy (non-hydrogen) atoms. The molecule has 0 saturated heterocycles. The standard InChI is InChI=1S/C7H11N3O/c1-5-4-9-7(11-2)10-6(5)3-8/h4H,3,8H2,1-2H3. The van der Waals surface area contributed by atoms with Crippen molar-refractivity contribution in [3.8, 4) is 6.01 Å². The van der Waals surface area contributed by atoms with Gasteiger partial charge in [0.2, 0.25) is 0 Å². The van der Waals surface area contributed by atoms with E-state index in [1.807, 2.05) is 6.92 Å². The second-order valence-electron chi connectivity index (χ2n) is 2.19. The fourth-order valence-corrected chi connectivity index (χ4v) is 0.764. The van der Waals surface area contributed by atoms with Crippen LogP contribution in [0.15, 0.2) is 6.20 Å². The van der Waals surface area contributed by atoms with Crippen molar-refractivity contribution in [2.24, 2.45) is 5.73 Å². The number of hydrogen-bond donors (Lipinski definition) is 1. The molecule has 0 aliphatic heterocycles. The molecular weight excluding hydrogens is 142 g/mol. The number of aromatic nitrogens is 2. The Morgan fingerprint density at radius 2 is 2.36 bits per heavy atom. The van der Waals surface area contributed by atoms with Gasteiger partial charge >= 0.3 is 6.01 Å². The summed E-state index contributed by atoms with van der Waals surface area (Å²) in [6.07, 6.45) is 1.70. The van der Waals surface area contributed by atoms with E-state index in [9.17, 15) is 0 Å². The first-order valence-corrected chi connectivity index (χ1v) is 3.34. The number of methoxy groups -OCH3 is 1. The predicted octanol–water partition coefficient (Wildman–Crippen LogP) is 0.252. The van der Waals surface area contributed by atoms with E-state index in [0.29, 0.717) is 12.6 Å². The Labute approximate surface area is 65.4 Å². The maximum atomic E-state index is 5.43. The zero-order valence-electron chi connectivity index (χ0n) is 6.66. The SMILES string of the molecule is COc1ncc(C)c(CN)n1. The molecule has 0 radical (unpaired) electrons. The molecule has 1 aromatic rings. The van der Waals surface area contributed by atoms with Gasteiger partial charge in [-0.15, -0.1) is 0 Å². The molecule has 0 saturated carbocycles. The Balaban J connectivity index is 3.02. The summed E-state index contributed by atoms with van der Waals surface area (Å²) in [7, 11) is 1.53. The molecule has 60 valence electrons. The van der Waals surface area contributed by atoms with Gasteiger partial charge in [-0.3, -0.25) is 0 Å². The van der Waals surface area contributed by atoms with Crippen molar-refractivity contribution in [3.63, 3.8) is 0 Å². The second kappa shape index (κ2) is 3.30. The van der Waals surface area contributed by atoms with Gasteiger partial charge in [0.1, 0.15) is 0 Å². The van der Waals surface area contributed by atoms with Crippen molar-refractivity contribution >= 4 is 0 Å². The lowest BCUT2D eigenvalue weighted by Crippen LogP contribution is -2.04. The molecule has 1 heterocycles. The highest BCUT2D eigenvalue weighted by molar-refractivity contribution is 5.16. The summed E-state index contributed by atoms with van der Waals surface area (Å²) in [5, 5.41) is 0. The summed E-state index contributed by atoms with van der Waals surface area (Å²) in [5.74, 6) is 0. The van der Waals surface area contributed by atoms with E-state index in [1.165, 1.54) is 7.11 Å². The van der Waals surface area contributed by atoms with Crippen molar-refractivity contribution in [2.75, 3.05) is 7.11 Å². The normalized spacial score (nSPS) is 9.73. The Morgan fingerprint density at radius 1 is 1.64 bits per heavy atom. The van der Waals surface area contributed by atoms with Gasteiger partial charge in [-0.05, 0) is 12.5 Å². The van der Waals surface area contributed by atoms with Gasteiger partial charge < -0.3 is 10.5 Å². The third-order valence-corrected chi connectivity index (χ3v) is 1.43. The van der Waals surface area contributed by atoms with Gasteiger partial charge in [-0.2, -0.15) is 4.98 Å². The van der Waals surface area contributed by atoms with Crippen molar-refractivity contribution in [2.45, 2.75) is 13.5 Å². The lowest BCUT2D eigenvalue weighted by Gasteiger charge is -2.02. The van der Waals surface area contributed by atoms with Crippen LogP contribution >= 0.6 is 0 Å². The van der Waals surface area contributed by atoms with E-state index >= 15 is 0 Å². The zero-order chi connectivity index (χ0) is 8.27. The molecule has 1 rings (SSSR count). The minimum atomic E-state index is 0.371. The Kier molecular flexibility index (Phi) is 2.38. The number of rotatable bonds is 2. The van der Waals surface area contributed by atoms with Gasteiger partial charge in [0.25, 0.3) is 0 Å². The highest BCUT2D eigenvalue weighted by atomic mass is 16.5. The third kappa shape index (κ3) is 1.65. The molecule has 2 N–H and O–H groups in total. The molecule has 0 unspecified atom stereocenters. The lowest BCUT2D eigenvalue weighted by atomic mass is 10.2. The summed E-state index contributed by atoms with van der Waals surface area (Å²) in [6, 6.07) is 0.371. The average Bonchev–Trinajstić information content (AvgIpc) is 2.05. The highest BCUT2D eigenvalue weighted by Gasteiger charge is 2.00. The van der Waals surface area contributed by atoms with E-state index in [1.54, 1.807) is 6.20 Å². The number of nitrogens with zero attached hydrogens (tertiary/aromatic N) is 2. The monoisotopic (exact) mass is 153 g/mol. The number of nitrogens with two attached hydrogens (primary N) is 1. The largest absolute Gasteiger partial charge is 0.467 e. The summed E-state index contributed by atoms with van der Waals surface area (Å²) in [6.45, 7) is 2.34. The Hall–Kier alpha value is -1.16. The Morgan fingerprint density at radius 3 is 2.91 bits per heavy atom. The molecular formula is C7H11N3O. The molecule has 0 aromatic carbocycles. The van der Waals surface area contributed by atoms with E-state index < -0.39 is 0 Å². The van der Waals surface area contributed by atoms with E-state index in [-0.39, 0.29) is 0 Å². The van der Waals surface area contributed by atoms with Crippen LogP contribution in [-0.2, 0) is 6.54 Å².